The molecule has 6 heteroatoms. The Labute approximate surface area is 144 Å². The fourth-order valence-corrected chi connectivity index (χ4v) is 3.76. The van der Waals surface area contributed by atoms with E-state index in [1.807, 2.05) is 12.1 Å². The molecule has 1 amide bonds. The molecule has 3 aromatic rings. The minimum absolute atomic E-state index is 0.338. The second-order valence-corrected chi connectivity index (χ2v) is 6.63. The molecular formula is C17H12BrFN2OS. The van der Waals surface area contributed by atoms with Gasteiger partial charge in [-0.1, -0.05) is 35.6 Å². The summed E-state index contributed by atoms with van der Waals surface area (Å²) in [5.74, 6) is -0.711. The van der Waals surface area contributed by atoms with Crippen LogP contribution in [0.3, 0.4) is 0 Å². The van der Waals surface area contributed by atoms with Crippen molar-refractivity contribution in [1.29, 1.82) is 0 Å². The maximum absolute atomic E-state index is 14.1. The second-order valence-electron chi connectivity index (χ2n) is 4.77. The molecular weight excluding hydrogens is 379 g/mol. The third-order valence-electron chi connectivity index (χ3n) is 3.26. The third kappa shape index (κ3) is 3.04. The summed E-state index contributed by atoms with van der Waals surface area (Å²) in [5, 5.41) is 0. The van der Waals surface area contributed by atoms with Crippen LogP contribution in [0, 0.1) is 5.82 Å². The van der Waals surface area contributed by atoms with E-state index >= 15 is 0 Å². The molecule has 3 rings (SSSR count). The van der Waals surface area contributed by atoms with Crippen molar-refractivity contribution in [2.24, 2.45) is 4.99 Å². The smallest absolute Gasteiger partial charge is 0.280 e. The first kappa shape index (κ1) is 15.8. The Bertz CT molecular complexity index is 974. The largest absolute Gasteiger partial charge is 0.310 e. The molecule has 1 heterocycles. The highest BCUT2D eigenvalue weighted by Gasteiger charge is 2.12. The molecule has 116 valence electrons. The summed E-state index contributed by atoms with van der Waals surface area (Å²) >= 11 is 4.62. The average Bonchev–Trinajstić information content (AvgIpc) is 2.87. The number of carbonyl (C=O) groups excluding carboxylic acids is 1. The number of amides is 1. The Hall–Kier alpha value is -2.05. The van der Waals surface area contributed by atoms with Crippen molar-refractivity contribution in [1.82, 2.24) is 4.57 Å². The Kier molecular flexibility index (Phi) is 4.54. The predicted octanol–water partition coefficient (Wildman–Crippen LogP) is 4.53. The van der Waals surface area contributed by atoms with E-state index < -0.39 is 0 Å². The zero-order valence-electron chi connectivity index (χ0n) is 12.0. The highest BCUT2D eigenvalue weighted by atomic mass is 79.9. The molecule has 0 saturated carbocycles. The molecule has 0 atom stereocenters. The van der Waals surface area contributed by atoms with Crippen LogP contribution in [0.25, 0.3) is 10.2 Å². The molecule has 0 bridgehead atoms. The number of benzene rings is 2. The van der Waals surface area contributed by atoms with E-state index in [1.165, 1.54) is 17.4 Å². The maximum Gasteiger partial charge on any atom is 0.280 e. The van der Waals surface area contributed by atoms with Crippen molar-refractivity contribution in [3.8, 4) is 0 Å². The number of hydrogen-bond donors (Lipinski definition) is 0. The number of aromatic nitrogens is 1. The third-order valence-corrected chi connectivity index (χ3v) is 5.00. The summed E-state index contributed by atoms with van der Waals surface area (Å²) in [6, 6.07) is 11.9. The molecule has 0 unspecified atom stereocenters. The maximum atomic E-state index is 14.1. The van der Waals surface area contributed by atoms with Gasteiger partial charge in [-0.05, 0) is 40.2 Å². The molecule has 2 aromatic carbocycles. The molecule has 0 aliphatic rings. The first-order valence-corrected chi connectivity index (χ1v) is 8.45. The van der Waals surface area contributed by atoms with E-state index in [1.54, 1.807) is 34.9 Å². The molecule has 0 saturated heterocycles. The number of rotatable bonds is 3. The van der Waals surface area contributed by atoms with Gasteiger partial charge in [-0.25, -0.2) is 4.39 Å². The van der Waals surface area contributed by atoms with Crippen LogP contribution in [-0.4, -0.2) is 10.5 Å². The number of carbonyl (C=O) groups is 1. The van der Waals surface area contributed by atoms with E-state index in [4.69, 9.17) is 0 Å². The second kappa shape index (κ2) is 6.60. The Morgan fingerprint density at radius 3 is 2.83 bits per heavy atom. The van der Waals surface area contributed by atoms with Crippen molar-refractivity contribution in [2.75, 3.05) is 0 Å². The number of fused-ring (bicyclic) bond motifs is 1. The van der Waals surface area contributed by atoms with Crippen molar-refractivity contribution in [3.05, 3.63) is 75.8 Å². The lowest BCUT2D eigenvalue weighted by Gasteiger charge is -2.02. The van der Waals surface area contributed by atoms with Gasteiger partial charge in [-0.2, -0.15) is 4.99 Å². The van der Waals surface area contributed by atoms with Gasteiger partial charge in [0, 0.05) is 11.0 Å². The summed E-state index contributed by atoms with van der Waals surface area (Å²) in [5.41, 5.74) is 0.909. The quantitative estimate of drug-likeness (QED) is 0.604. The van der Waals surface area contributed by atoms with Gasteiger partial charge in [0.2, 0.25) is 0 Å². The minimum atomic E-state index is -0.373. The Morgan fingerprint density at radius 1 is 1.30 bits per heavy atom. The van der Waals surface area contributed by atoms with Crippen LogP contribution in [-0.2, 0) is 6.54 Å². The molecule has 0 N–H and O–H groups in total. The van der Waals surface area contributed by atoms with E-state index in [0.29, 0.717) is 26.9 Å². The van der Waals surface area contributed by atoms with Crippen LogP contribution in [0.2, 0.25) is 0 Å². The Morgan fingerprint density at radius 2 is 2.09 bits per heavy atom. The number of hydrogen-bond acceptors (Lipinski definition) is 2. The zero-order valence-corrected chi connectivity index (χ0v) is 14.4. The first-order valence-electron chi connectivity index (χ1n) is 6.84. The highest BCUT2D eigenvalue weighted by Crippen LogP contribution is 2.21. The molecule has 3 nitrogen and oxygen atoms in total. The molecule has 0 aliphatic carbocycles. The van der Waals surface area contributed by atoms with Crippen LogP contribution < -0.4 is 4.80 Å². The molecule has 0 radical (unpaired) electrons. The number of allylic oxidation sites excluding steroid dienone is 1. The highest BCUT2D eigenvalue weighted by molar-refractivity contribution is 9.10. The lowest BCUT2D eigenvalue weighted by molar-refractivity contribution is 0.0997. The van der Waals surface area contributed by atoms with Crippen molar-refractivity contribution in [2.45, 2.75) is 6.54 Å². The summed E-state index contributed by atoms with van der Waals surface area (Å²) in [4.78, 5) is 17.1. The van der Waals surface area contributed by atoms with Gasteiger partial charge in [-0.3, -0.25) is 4.79 Å². The fourth-order valence-electron chi connectivity index (χ4n) is 2.25. The van der Waals surface area contributed by atoms with Crippen LogP contribution in [0.1, 0.15) is 10.4 Å². The number of thiazole rings is 1. The fraction of sp³-hybridized carbons (Fsp3) is 0.0588. The van der Waals surface area contributed by atoms with E-state index in [2.05, 4.69) is 27.5 Å². The van der Waals surface area contributed by atoms with Gasteiger partial charge in [0.1, 0.15) is 5.82 Å². The summed E-state index contributed by atoms with van der Waals surface area (Å²) in [6.45, 7) is 4.07. The average molecular weight is 391 g/mol. The van der Waals surface area contributed by atoms with Crippen LogP contribution in [0.4, 0.5) is 4.39 Å². The van der Waals surface area contributed by atoms with E-state index in [0.717, 1.165) is 4.70 Å². The normalized spacial score (nSPS) is 11.8. The lowest BCUT2D eigenvalue weighted by atomic mass is 10.2. The molecule has 23 heavy (non-hydrogen) atoms. The van der Waals surface area contributed by atoms with Gasteiger partial charge in [0.25, 0.3) is 5.91 Å². The minimum Gasteiger partial charge on any atom is -0.310 e. The number of halogens is 2. The van der Waals surface area contributed by atoms with Crippen LogP contribution >= 0.6 is 27.3 Å². The summed E-state index contributed by atoms with van der Waals surface area (Å²) in [6.07, 6.45) is 1.65. The first-order chi connectivity index (χ1) is 11.1. The summed E-state index contributed by atoms with van der Waals surface area (Å²) in [7, 11) is 0. The topological polar surface area (TPSA) is 34.4 Å². The molecule has 1 aromatic heterocycles. The SMILES string of the molecule is C=CCn1c(=NC(=O)c2ccccc2Br)sc2cccc(F)c21. The van der Waals surface area contributed by atoms with Gasteiger partial charge in [0.05, 0.1) is 15.8 Å². The van der Waals surface area contributed by atoms with Gasteiger partial charge >= 0.3 is 0 Å². The molecule has 0 aliphatic heterocycles. The molecule has 0 fully saturated rings. The number of nitrogens with zero attached hydrogens (tertiary/aromatic N) is 2. The van der Waals surface area contributed by atoms with Crippen molar-refractivity contribution >= 4 is 43.4 Å². The standard InChI is InChI=1S/C17H12BrFN2OS/c1-2-10-21-15-13(19)8-5-9-14(15)23-17(21)20-16(22)11-6-3-4-7-12(11)18/h2-9H,1,10H2. The van der Waals surface area contributed by atoms with E-state index in [-0.39, 0.29) is 11.7 Å². The predicted molar refractivity (Wildman–Crippen MR) is 94.0 cm³/mol. The van der Waals surface area contributed by atoms with Gasteiger partial charge in [-0.15, -0.1) is 6.58 Å². The van der Waals surface area contributed by atoms with Gasteiger partial charge in [0.15, 0.2) is 4.80 Å². The van der Waals surface area contributed by atoms with Crippen LogP contribution in [0.5, 0.6) is 0 Å². The Balaban J connectivity index is 2.21. The lowest BCUT2D eigenvalue weighted by Crippen LogP contribution is -2.17. The monoisotopic (exact) mass is 390 g/mol. The number of para-hydroxylation sites is 1. The summed E-state index contributed by atoms with van der Waals surface area (Å²) < 4.78 is 17.2. The van der Waals surface area contributed by atoms with Gasteiger partial charge < -0.3 is 4.57 Å². The van der Waals surface area contributed by atoms with Crippen LogP contribution in [0.15, 0.2) is 64.6 Å². The van der Waals surface area contributed by atoms with Crippen molar-refractivity contribution < 1.29 is 9.18 Å². The van der Waals surface area contributed by atoms with Crippen molar-refractivity contribution in [3.63, 3.8) is 0 Å². The zero-order chi connectivity index (χ0) is 16.4. The van der Waals surface area contributed by atoms with E-state index in [9.17, 15) is 9.18 Å². The molecule has 0 spiro atoms.